The van der Waals surface area contributed by atoms with Crippen molar-refractivity contribution in [2.45, 2.75) is 17.9 Å². The summed E-state index contributed by atoms with van der Waals surface area (Å²) in [4.78, 5) is 2.33. The summed E-state index contributed by atoms with van der Waals surface area (Å²) < 4.78 is 32.4. The van der Waals surface area contributed by atoms with Crippen LogP contribution in [0.3, 0.4) is 0 Å². The molecule has 0 aromatic heterocycles. The molecule has 3 rings (SSSR count). The Hall–Kier alpha value is -2.40. The lowest BCUT2D eigenvalue weighted by Gasteiger charge is -2.36. The van der Waals surface area contributed by atoms with Gasteiger partial charge in [0.15, 0.2) is 0 Å². The highest BCUT2D eigenvalue weighted by atomic mass is 32.2. The van der Waals surface area contributed by atoms with Crippen LogP contribution in [0, 0.1) is 11.3 Å². The van der Waals surface area contributed by atoms with Gasteiger partial charge in [0.05, 0.1) is 17.6 Å². The fraction of sp³-hybridized carbons (Fsp3) is 0.350. The van der Waals surface area contributed by atoms with Gasteiger partial charge in [-0.05, 0) is 36.8 Å². The monoisotopic (exact) mass is 385 g/mol. The molecule has 2 aromatic rings. The van der Waals surface area contributed by atoms with E-state index in [4.69, 9.17) is 4.74 Å². The SMILES string of the molecule is CCOc1ccc(C(C#N)N2CCN(S(=O)(=O)c3ccccc3)CC2)cc1. The van der Waals surface area contributed by atoms with Gasteiger partial charge in [-0.2, -0.15) is 9.57 Å². The number of sulfonamides is 1. The molecule has 1 aliphatic rings. The minimum Gasteiger partial charge on any atom is -0.494 e. The summed E-state index contributed by atoms with van der Waals surface area (Å²) in [7, 11) is -3.49. The average Bonchev–Trinajstić information content (AvgIpc) is 2.71. The molecule has 1 unspecified atom stereocenters. The highest BCUT2D eigenvalue weighted by molar-refractivity contribution is 7.89. The van der Waals surface area contributed by atoms with Crippen molar-refractivity contribution in [2.75, 3.05) is 32.8 Å². The molecule has 0 saturated carbocycles. The Kier molecular flexibility index (Phi) is 6.11. The first-order chi connectivity index (χ1) is 13.1. The molecule has 0 N–H and O–H groups in total. The van der Waals surface area contributed by atoms with E-state index in [1.807, 2.05) is 36.1 Å². The van der Waals surface area contributed by atoms with E-state index in [-0.39, 0.29) is 0 Å². The second kappa shape index (κ2) is 8.53. The fourth-order valence-electron chi connectivity index (χ4n) is 3.22. The summed E-state index contributed by atoms with van der Waals surface area (Å²) in [6, 6.07) is 17.9. The molecule has 0 amide bonds. The highest BCUT2D eigenvalue weighted by Crippen LogP contribution is 2.25. The van der Waals surface area contributed by atoms with Crippen LogP contribution in [0.1, 0.15) is 18.5 Å². The fourth-order valence-corrected chi connectivity index (χ4v) is 4.67. The normalized spacial score (nSPS) is 17.2. The third-order valence-electron chi connectivity index (χ3n) is 4.65. The van der Waals surface area contributed by atoms with Crippen LogP contribution in [0.2, 0.25) is 0 Å². The van der Waals surface area contributed by atoms with E-state index in [0.29, 0.717) is 37.7 Å². The van der Waals surface area contributed by atoms with Gasteiger partial charge in [-0.3, -0.25) is 4.90 Å². The van der Waals surface area contributed by atoms with Crippen LogP contribution < -0.4 is 4.74 Å². The van der Waals surface area contributed by atoms with Gasteiger partial charge in [-0.15, -0.1) is 0 Å². The lowest BCUT2D eigenvalue weighted by atomic mass is 10.1. The first kappa shape index (κ1) is 19.4. The second-order valence-electron chi connectivity index (χ2n) is 6.29. The maximum Gasteiger partial charge on any atom is 0.243 e. The molecule has 1 saturated heterocycles. The van der Waals surface area contributed by atoms with E-state index in [0.717, 1.165) is 11.3 Å². The van der Waals surface area contributed by atoms with Crippen LogP contribution in [0.5, 0.6) is 5.75 Å². The van der Waals surface area contributed by atoms with Crippen molar-refractivity contribution in [2.24, 2.45) is 0 Å². The van der Waals surface area contributed by atoms with Crippen LogP contribution >= 0.6 is 0 Å². The third kappa shape index (κ3) is 4.30. The molecular weight excluding hydrogens is 362 g/mol. The van der Waals surface area contributed by atoms with E-state index in [1.54, 1.807) is 30.3 Å². The molecular formula is C20H23N3O3S. The number of rotatable bonds is 6. The van der Waals surface area contributed by atoms with Gasteiger partial charge in [-0.1, -0.05) is 30.3 Å². The number of nitriles is 1. The predicted molar refractivity (Wildman–Crippen MR) is 103 cm³/mol. The summed E-state index contributed by atoms with van der Waals surface area (Å²) in [6.07, 6.45) is 0. The second-order valence-corrected chi connectivity index (χ2v) is 8.22. The first-order valence-corrected chi connectivity index (χ1v) is 10.4. The van der Waals surface area contributed by atoms with Crippen molar-refractivity contribution in [3.05, 3.63) is 60.2 Å². The zero-order valence-electron chi connectivity index (χ0n) is 15.3. The maximum atomic E-state index is 12.7. The van der Waals surface area contributed by atoms with Crippen molar-refractivity contribution in [3.8, 4) is 11.8 Å². The number of benzene rings is 2. The minimum absolute atomic E-state index is 0.307. The molecule has 6 nitrogen and oxygen atoms in total. The van der Waals surface area contributed by atoms with E-state index in [2.05, 4.69) is 6.07 Å². The molecule has 1 aliphatic heterocycles. The first-order valence-electron chi connectivity index (χ1n) is 8.98. The van der Waals surface area contributed by atoms with Gasteiger partial charge in [0, 0.05) is 26.2 Å². The lowest BCUT2D eigenvalue weighted by Crippen LogP contribution is -2.49. The van der Waals surface area contributed by atoms with Gasteiger partial charge in [0.1, 0.15) is 11.8 Å². The number of hydrogen-bond donors (Lipinski definition) is 0. The number of ether oxygens (including phenoxy) is 1. The molecule has 2 aromatic carbocycles. The van der Waals surface area contributed by atoms with Crippen molar-refractivity contribution in [1.29, 1.82) is 5.26 Å². The Morgan fingerprint density at radius 3 is 2.22 bits per heavy atom. The van der Waals surface area contributed by atoms with E-state index < -0.39 is 16.1 Å². The molecule has 0 radical (unpaired) electrons. The van der Waals surface area contributed by atoms with Gasteiger partial charge >= 0.3 is 0 Å². The van der Waals surface area contributed by atoms with E-state index >= 15 is 0 Å². The van der Waals surface area contributed by atoms with Gasteiger partial charge in [0.25, 0.3) is 0 Å². The van der Waals surface area contributed by atoms with Crippen molar-refractivity contribution >= 4 is 10.0 Å². The van der Waals surface area contributed by atoms with Crippen LogP contribution in [0.25, 0.3) is 0 Å². The number of piperazine rings is 1. The standard InChI is InChI=1S/C20H23N3O3S/c1-2-26-18-10-8-17(9-11-18)20(16-21)22-12-14-23(15-13-22)27(24,25)19-6-4-3-5-7-19/h3-11,20H,2,12-15H2,1H3. The zero-order chi connectivity index (χ0) is 19.3. The predicted octanol–water partition coefficient (Wildman–Crippen LogP) is 2.66. The van der Waals surface area contributed by atoms with Crippen molar-refractivity contribution < 1.29 is 13.2 Å². The molecule has 1 atom stereocenters. The van der Waals surface area contributed by atoms with Gasteiger partial charge < -0.3 is 4.74 Å². The summed E-state index contributed by atoms with van der Waals surface area (Å²) in [5.41, 5.74) is 0.889. The largest absolute Gasteiger partial charge is 0.494 e. The maximum absolute atomic E-state index is 12.7. The summed E-state index contributed by atoms with van der Waals surface area (Å²) in [5.74, 6) is 0.775. The number of nitrogens with zero attached hydrogens (tertiary/aromatic N) is 3. The van der Waals surface area contributed by atoms with E-state index in [9.17, 15) is 13.7 Å². The van der Waals surface area contributed by atoms with Gasteiger partial charge in [-0.25, -0.2) is 8.42 Å². The van der Waals surface area contributed by atoms with E-state index in [1.165, 1.54) is 4.31 Å². The molecule has 1 fully saturated rings. The molecule has 0 aliphatic carbocycles. The zero-order valence-corrected chi connectivity index (χ0v) is 16.1. The molecule has 0 bridgehead atoms. The van der Waals surface area contributed by atoms with Crippen LogP contribution in [0.4, 0.5) is 0 Å². The number of hydrogen-bond acceptors (Lipinski definition) is 5. The molecule has 1 heterocycles. The Balaban J connectivity index is 1.68. The highest BCUT2D eigenvalue weighted by Gasteiger charge is 2.31. The smallest absolute Gasteiger partial charge is 0.243 e. The Bertz CT molecular complexity index is 884. The summed E-state index contributed by atoms with van der Waals surface area (Å²) in [6.45, 7) is 4.28. The summed E-state index contributed by atoms with van der Waals surface area (Å²) in [5, 5.41) is 9.65. The molecule has 7 heteroatoms. The summed E-state index contributed by atoms with van der Waals surface area (Å²) >= 11 is 0. The Morgan fingerprint density at radius 2 is 1.67 bits per heavy atom. The van der Waals surface area contributed by atoms with Crippen LogP contribution in [-0.4, -0.2) is 50.4 Å². The lowest BCUT2D eigenvalue weighted by molar-refractivity contribution is 0.162. The Labute approximate surface area is 160 Å². The third-order valence-corrected chi connectivity index (χ3v) is 6.56. The van der Waals surface area contributed by atoms with Gasteiger partial charge in [0.2, 0.25) is 10.0 Å². The molecule has 0 spiro atoms. The minimum atomic E-state index is -3.49. The Morgan fingerprint density at radius 1 is 1.04 bits per heavy atom. The quantitative estimate of drug-likeness (QED) is 0.764. The average molecular weight is 385 g/mol. The van der Waals surface area contributed by atoms with Crippen molar-refractivity contribution in [3.63, 3.8) is 0 Å². The van der Waals surface area contributed by atoms with Crippen LogP contribution in [0.15, 0.2) is 59.5 Å². The molecule has 27 heavy (non-hydrogen) atoms. The van der Waals surface area contributed by atoms with Crippen LogP contribution in [-0.2, 0) is 10.0 Å². The van der Waals surface area contributed by atoms with Crippen molar-refractivity contribution in [1.82, 2.24) is 9.21 Å². The topological polar surface area (TPSA) is 73.6 Å². The molecule has 142 valence electrons.